The summed E-state index contributed by atoms with van der Waals surface area (Å²) in [5.74, 6) is -3.44. The molecule has 0 saturated carbocycles. The van der Waals surface area contributed by atoms with E-state index in [0.29, 0.717) is 0 Å². The van der Waals surface area contributed by atoms with Crippen LogP contribution in [0.3, 0.4) is 0 Å². The number of fused-ring (bicyclic) bond motifs is 2. The number of hydrogen-bond donors (Lipinski definition) is 2. The van der Waals surface area contributed by atoms with Crippen LogP contribution in [0.4, 0.5) is 24.5 Å². The first-order chi connectivity index (χ1) is 14.2. The molecule has 0 spiro atoms. The van der Waals surface area contributed by atoms with Crippen LogP contribution >= 0.6 is 0 Å². The second-order valence-electron chi connectivity index (χ2n) is 6.36. The molecule has 7 nitrogen and oxygen atoms in total. The number of nitrogens with one attached hydrogen (secondary N) is 1. The lowest BCUT2D eigenvalue weighted by Crippen LogP contribution is -2.30. The number of anilines is 2. The number of nitrogens with zero attached hydrogens (tertiary/aromatic N) is 2. The Morgan fingerprint density at radius 2 is 1.50 bits per heavy atom. The van der Waals surface area contributed by atoms with Gasteiger partial charge in [-0.05, 0) is 23.8 Å². The molecule has 1 aliphatic carbocycles. The van der Waals surface area contributed by atoms with Crippen LogP contribution in [0.15, 0.2) is 48.8 Å². The molecule has 2 heterocycles. The number of pyridine rings is 2. The lowest BCUT2D eigenvalue weighted by molar-refractivity contribution is -0.167. The zero-order valence-corrected chi connectivity index (χ0v) is 14.9. The summed E-state index contributed by atoms with van der Waals surface area (Å²) in [6.45, 7) is 0. The SMILES string of the molecule is Nc1ccnc2c1C(=O)c1c(-c3ccccc3NC(=O)C(F)(F)F)ccnc1C2=O. The molecule has 4 rings (SSSR count). The third kappa shape index (κ3) is 2.98. The predicted molar refractivity (Wildman–Crippen MR) is 99.9 cm³/mol. The molecule has 0 bridgehead atoms. The maximum atomic E-state index is 13.2. The predicted octanol–water partition coefficient (Wildman–Crippen LogP) is 3.00. The van der Waals surface area contributed by atoms with Gasteiger partial charge in [0.05, 0.1) is 11.1 Å². The number of alkyl halides is 3. The highest BCUT2D eigenvalue weighted by Gasteiger charge is 2.40. The first-order valence-corrected chi connectivity index (χ1v) is 8.50. The lowest BCUT2D eigenvalue weighted by atomic mass is 9.84. The van der Waals surface area contributed by atoms with Crippen LogP contribution in [-0.4, -0.2) is 33.6 Å². The molecule has 0 saturated heterocycles. The van der Waals surface area contributed by atoms with E-state index in [1.807, 2.05) is 0 Å². The highest BCUT2D eigenvalue weighted by atomic mass is 19.4. The van der Waals surface area contributed by atoms with E-state index < -0.39 is 23.6 Å². The van der Waals surface area contributed by atoms with Crippen molar-refractivity contribution in [3.05, 3.63) is 71.3 Å². The fourth-order valence-electron chi connectivity index (χ4n) is 3.23. The molecule has 0 fully saturated rings. The average molecular weight is 412 g/mol. The molecule has 0 atom stereocenters. The summed E-state index contributed by atoms with van der Waals surface area (Å²) in [5.41, 5.74) is 5.41. The van der Waals surface area contributed by atoms with E-state index in [-0.39, 0.29) is 45.0 Å². The van der Waals surface area contributed by atoms with Crippen molar-refractivity contribution in [3.63, 3.8) is 0 Å². The summed E-state index contributed by atoms with van der Waals surface area (Å²) in [6, 6.07) is 8.35. The van der Waals surface area contributed by atoms with Gasteiger partial charge in [0, 0.05) is 29.3 Å². The van der Waals surface area contributed by atoms with Gasteiger partial charge < -0.3 is 11.1 Å². The van der Waals surface area contributed by atoms with Crippen molar-refractivity contribution in [1.82, 2.24) is 9.97 Å². The average Bonchev–Trinajstić information content (AvgIpc) is 2.71. The molecule has 1 aromatic carbocycles. The van der Waals surface area contributed by atoms with Gasteiger partial charge in [0.1, 0.15) is 11.4 Å². The lowest BCUT2D eigenvalue weighted by Gasteiger charge is -2.21. The Bertz CT molecular complexity index is 1240. The number of nitrogens with two attached hydrogens (primary N) is 1. The van der Waals surface area contributed by atoms with Gasteiger partial charge in [-0.2, -0.15) is 13.2 Å². The van der Waals surface area contributed by atoms with Gasteiger partial charge in [-0.25, -0.2) is 0 Å². The van der Waals surface area contributed by atoms with E-state index in [1.165, 1.54) is 48.8 Å². The highest BCUT2D eigenvalue weighted by Crippen LogP contribution is 2.37. The van der Waals surface area contributed by atoms with Crippen molar-refractivity contribution in [2.45, 2.75) is 6.18 Å². The normalized spacial score (nSPS) is 12.9. The van der Waals surface area contributed by atoms with Gasteiger partial charge in [-0.15, -0.1) is 0 Å². The molecule has 3 N–H and O–H groups in total. The molecule has 2 aromatic heterocycles. The summed E-state index contributed by atoms with van der Waals surface area (Å²) in [7, 11) is 0. The molecule has 0 aliphatic heterocycles. The van der Waals surface area contributed by atoms with Crippen LogP contribution < -0.4 is 11.1 Å². The van der Waals surface area contributed by atoms with Gasteiger partial charge in [-0.1, -0.05) is 18.2 Å². The van der Waals surface area contributed by atoms with Crippen molar-refractivity contribution in [1.29, 1.82) is 0 Å². The minimum absolute atomic E-state index is 0.0393. The monoisotopic (exact) mass is 412 g/mol. The van der Waals surface area contributed by atoms with Gasteiger partial charge >= 0.3 is 12.1 Å². The fourth-order valence-corrected chi connectivity index (χ4v) is 3.23. The Balaban J connectivity index is 1.91. The van der Waals surface area contributed by atoms with Gasteiger partial charge in [-0.3, -0.25) is 24.4 Å². The summed E-state index contributed by atoms with van der Waals surface area (Å²) < 4.78 is 38.2. The molecule has 1 aliphatic rings. The minimum Gasteiger partial charge on any atom is -0.398 e. The van der Waals surface area contributed by atoms with Crippen LogP contribution in [0.2, 0.25) is 0 Å². The zero-order chi connectivity index (χ0) is 21.6. The number of amides is 1. The number of aromatic nitrogens is 2. The largest absolute Gasteiger partial charge is 0.471 e. The first-order valence-electron chi connectivity index (χ1n) is 8.50. The van der Waals surface area contributed by atoms with Crippen molar-refractivity contribution < 1.29 is 27.6 Å². The maximum absolute atomic E-state index is 13.2. The maximum Gasteiger partial charge on any atom is 0.471 e. The number of benzene rings is 1. The van der Waals surface area contributed by atoms with Gasteiger partial charge in [0.25, 0.3) is 0 Å². The van der Waals surface area contributed by atoms with E-state index in [0.717, 1.165) is 0 Å². The third-order valence-electron chi connectivity index (χ3n) is 4.54. The number of carbonyl (C=O) groups excluding carboxylic acids is 3. The van der Waals surface area contributed by atoms with E-state index in [4.69, 9.17) is 5.73 Å². The molecule has 30 heavy (non-hydrogen) atoms. The molecule has 10 heteroatoms. The first kappa shape index (κ1) is 19.2. The molecule has 3 aromatic rings. The number of para-hydroxylation sites is 1. The number of hydrogen-bond acceptors (Lipinski definition) is 6. The molecule has 1 amide bonds. The molecule has 150 valence electrons. The highest BCUT2D eigenvalue weighted by molar-refractivity contribution is 6.30. The number of halogens is 3. The Morgan fingerprint density at radius 3 is 2.20 bits per heavy atom. The van der Waals surface area contributed by atoms with Gasteiger partial charge in [0.2, 0.25) is 5.78 Å². The van der Waals surface area contributed by atoms with E-state index in [2.05, 4.69) is 9.97 Å². The van der Waals surface area contributed by atoms with Crippen LogP contribution in [0.1, 0.15) is 32.1 Å². The zero-order valence-electron chi connectivity index (χ0n) is 14.9. The van der Waals surface area contributed by atoms with E-state index in [1.54, 1.807) is 5.32 Å². The van der Waals surface area contributed by atoms with E-state index in [9.17, 15) is 27.6 Å². The Kier molecular flexibility index (Phi) is 4.34. The third-order valence-corrected chi connectivity index (χ3v) is 4.54. The number of ketones is 2. The molecule has 0 radical (unpaired) electrons. The second-order valence-corrected chi connectivity index (χ2v) is 6.36. The van der Waals surface area contributed by atoms with Crippen molar-refractivity contribution >= 4 is 28.8 Å². The Hall–Kier alpha value is -4.08. The van der Waals surface area contributed by atoms with Crippen LogP contribution in [-0.2, 0) is 4.79 Å². The number of carbonyl (C=O) groups is 3. The van der Waals surface area contributed by atoms with E-state index >= 15 is 0 Å². The molecule has 0 unspecified atom stereocenters. The Labute approximate surface area is 166 Å². The quantitative estimate of drug-likeness (QED) is 0.523. The topological polar surface area (TPSA) is 115 Å². The van der Waals surface area contributed by atoms with Crippen molar-refractivity contribution in [3.8, 4) is 11.1 Å². The summed E-state index contributed by atoms with van der Waals surface area (Å²) in [6.07, 6.45) is -2.56. The van der Waals surface area contributed by atoms with Crippen molar-refractivity contribution in [2.75, 3.05) is 11.1 Å². The number of nitrogen functional groups attached to an aromatic ring is 1. The summed E-state index contributed by atoms with van der Waals surface area (Å²) in [4.78, 5) is 45.4. The van der Waals surface area contributed by atoms with Crippen molar-refractivity contribution in [2.24, 2.45) is 0 Å². The van der Waals surface area contributed by atoms with Crippen LogP contribution in [0.25, 0.3) is 11.1 Å². The molecular formula is C20H11F3N4O3. The van der Waals surface area contributed by atoms with Crippen LogP contribution in [0, 0.1) is 0 Å². The second kappa shape index (κ2) is 6.76. The number of rotatable bonds is 2. The summed E-state index contributed by atoms with van der Waals surface area (Å²) in [5, 5.41) is 1.79. The van der Waals surface area contributed by atoms with Gasteiger partial charge in [0.15, 0.2) is 5.78 Å². The fraction of sp³-hybridized carbons (Fsp3) is 0.0500. The smallest absolute Gasteiger partial charge is 0.398 e. The van der Waals surface area contributed by atoms with Crippen LogP contribution in [0.5, 0.6) is 0 Å². The summed E-state index contributed by atoms with van der Waals surface area (Å²) >= 11 is 0. The minimum atomic E-state index is -5.10. The standard InChI is InChI=1S/C20H11F3N4O3/c21-20(22,23)19(30)27-12-4-2-1-3-9(12)10-5-7-25-15-13(10)17(28)14-11(24)6-8-26-16(14)18(15)29/h1-8H,(H2,24,26)(H,27,30). The Morgan fingerprint density at radius 1 is 0.867 bits per heavy atom. The molecular weight excluding hydrogens is 401 g/mol.